The van der Waals surface area contributed by atoms with Crippen LogP contribution in [0.3, 0.4) is 0 Å². The molecule has 0 saturated carbocycles. The maximum Gasteiger partial charge on any atom is 0.316 e. The molecule has 154 valence electrons. The molecule has 6 nitrogen and oxygen atoms in total. The normalized spacial score (nSPS) is 12.3. The van der Waals surface area contributed by atoms with Gasteiger partial charge < -0.3 is 19.5 Å². The second-order valence-electron chi connectivity index (χ2n) is 6.80. The molecule has 2 aromatic carbocycles. The number of benzene rings is 2. The van der Waals surface area contributed by atoms with E-state index in [4.69, 9.17) is 14.2 Å². The van der Waals surface area contributed by atoms with Crippen molar-refractivity contribution in [3.8, 4) is 11.5 Å². The van der Waals surface area contributed by atoms with E-state index in [0.717, 1.165) is 27.5 Å². The van der Waals surface area contributed by atoms with Gasteiger partial charge in [-0.2, -0.15) is 0 Å². The molecule has 0 fully saturated rings. The lowest BCUT2D eigenvalue weighted by Gasteiger charge is -2.18. The van der Waals surface area contributed by atoms with E-state index >= 15 is 0 Å². The molecule has 0 radical (unpaired) electrons. The van der Waals surface area contributed by atoms with E-state index in [1.165, 1.54) is 17.3 Å². The van der Waals surface area contributed by atoms with E-state index < -0.39 is 5.97 Å². The number of aryl methyl sites for hydroxylation is 2. The number of ether oxygens (including phenoxy) is 3. The molecule has 1 amide bonds. The Morgan fingerprint density at radius 2 is 1.86 bits per heavy atom. The van der Waals surface area contributed by atoms with Crippen molar-refractivity contribution in [2.75, 3.05) is 32.1 Å². The number of rotatable bonds is 8. The van der Waals surface area contributed by atoms with Crippen LogP contribution in [0.1, 0.15) is 16.7 Å². The van der Waals surface area contributed by atoms with Gasteiger partial charge in [-0.15, -0.1) is 11.8 Å². The molecule has 3 rings (SSSR count). The molecule has 0 unspecified atom stereocenters. The predicted molar refractivity (Wildman–Crippen MR) is 112 cm³/mol. The molecule has 1 aliphatic rings. The van der Waals surface area contributed by atoms with Gasteiger partial charge in [0.05, 0.1) is 5.75 Å². The van der Waals surface area contributed by atoms with Gasteiger partial charge in [0.1, 0.15) is 13.2 Å². The highest BCUT2D eigenvalue weighted by molar-refractivity contribution is 8.00. The molecule has 7 heteroatoms. The Morgan fingerprint density at radius 3 is 2.66 bits per heavy atom. The molecule has 0 saturated heterocycles. The van der Waals surface area contributed by atoms with Crippen molar-refractivity contribution < 1.29 is 23.8 Å². The largest absolute Gasteiger partial charge is 0.486 e. The van der Waals surface area contributed by atoms with Crippen LogP contribution in [0.25, 0.3) is 0 Å². The van der Waals surface area contributed by atoms with Crippen molar-refractivity contribution in [2.24, 2.45) is 0 Å². The molecular formula is C22H25NO5S. The summed E-state index contributed by atoms with van der Waals surface area (Å²) in [7, 11) is 0. The van der Waals surface area contributed by atoms with Crippen LogP contribution in [0.15, 0.2) is 41.3 Å². The zero-order chi connectivity index (χ0) is 20.6. The summed E-state index contributed by atoms with van der Waals surface area (Å²) >= 11 is 1.41. The summed E-state index contributed by atoms with van der Waals surface area (Å²) < 4.78 is 16.1. The van der Waals surface area contributed by atoms with Crippen LogP contribution in [-0.2, 0) is 20.7 Å². The van der Waals surface area contributed by atoms with Crippen LogP contribution in [0.5, 0.6) is 11.5 Å². The first-order valence-electron chi connectivity index (χ1n) is 9.52. The summed E-state index contributed by atoms with van der Waals surface area (Å²) in [5.41, 5.74) is 3.35. The van der Waals surface area contributed by atoms with E-state index in [1.807, 2.05) is 44.2 Å². The number of fused-ring (bicyclic) bond motifs is 1. The number of carbonyl (C=O) groups excluding carboxylic acids is 2. The smallest absolute Gasteiger partial charge is 0.316 e. The zero-order valence-corrected chi connectivity index (χ0v) is 17.5. The Kier molecular flexibility index (Phi) is 7.41. The summed E-state index contributed by atoms with van der Waals surface area (Å²) in [5, 5.41) is 2.76. The lowest BCUT2D eigenvalue weighted by atomic mass is 10.1. The van der Waals surface area contributed by atoms with Gasteiger partial charge in [0, 0.05) is 11.4 Å². The predicted octanol–water partition coefficient (Wildman–Crippen LogP) is 3.07. The number of nitrogens with one attached hydrogen (secondary N) is 1. The molecule has 1 N–H and O–H groups in total. The lowest BCUT2D eigenvalue weighted by Crippen LogP contribution is -2.30. The third-order valence-electron chi connectivity index (χ3n) is 4.38. The second kappa shape index (κ2) is 10.2. The minimum atomic E-state index is -0.406. The average molecular weight is 416 g/mol. The maximum absolute atomic E-state index is 11.9. The van der Waals surface area contributed by atoms with Gasteiger partial charge in [0.2, 0.25) is 0 Å². The highest BCUT2D eigenvalue weighted by atomic mass is 32.2. The number of thioether (sulfide) groups is 1. The topological polar surface area (TPSA) is 73.9 Å². The van der Waals surface area contributed by atoms with Crippen LogP contribution >= 0.6 is 11.8 Å². The van der Waals surface area contributed by atoms with E-state index in [0.29, 0.717) is 26.2 Å². The molecule has 0 spiro atoms. The van der Waals surface area contributed by atoms with Gasteiger partial charge in [-0.3, -0.25) is 9.59 Å². The number of hydrogen-bond donors (Lipinski definition) is 1. The summed E-state index contributed by atoms with van der Waals surface area (Å²) in [6, 6.07) is 11.8. The van der Waals surface area contributed by atoms with Gasteiger partial charge in [0.25, 0.3) is 5.91 Å². The molecule has 1 heterocycles. The third-order valence-corrected chi connectivity index (χ3v) is 5.53. The number of esters is 1. The number of amides is 1. The quantitative estimate of drug-likeness (QED) is 0.528. The molecule has 1 aliphatic heterocycles. The maximum atomic E-state index is 11.9. The van der Waals surface area contributed by atoms with Crippen molar-refractivity contribution in [1.82, 2.24) is 5.32 Å². The summed E-state index contributed by atoms with van der Waals surface area (Å²) in [6.07, 6.45) is 0.652. The molecule has 0 atom stereocenters. The highest BCUT2D eigenvalue weighted by Gasteiger charge is 2.12. The van der Waals surface area contributed by atoms with Crippen molar-refractivity contribution in [1.29, 1.82) is 0 Å². The first-order valence-corrected chi connectivity index (χ1v) is 10.5. The van der Waals surface area contributed by atoms with Gasteiger partial charge in [-0.1, -0.05) is 23.8 Å². The fourth-order valence-corrected chi connectivity index (χ4v) is 3.73. The summed E-state index contributed by atoms with van der Waals surface area (Å²) in [5.74, 6) is 0.934. The lowest BCUT2D eigenvalue weighted by molar-refractivity contribution is -0.145. The summed E-state index contributed by atoms with van der Waals surface area (Å²) in [6.45, 7) is 5.32. The Balaban J connectivity index is 1.34. The number of carbonyl (C=O) groups is 2. The van der Waals surface area contributed by atoms with Gasteiger partial charge in [-0.25, -0.2) is 0 Å². The molecule has 0 bridgehead atoms. The van der Waals surface area contributed by atoms with Crippen LogP contribution in [0.2, 0.25) is 0 Å². The van der Waals surface area contributed by atoms with E-state index in [2.05, 4.69) is 11.4 Å². The Hall–Kier alpha value is -2.67. The van der Waals surface area contributed by atoms with Crippen molar-refractivity contribution in [3.05, 3.63) is 53.1 Å². The fraction of sp³-hybridized carbons (Fsp3) is 0.364. The number of hydrogen-bond acceptors (Lipinski definition) is 6. The second-order valence-corrected chi connectivity index (χ2v) is 7.81. The fourth-order valence-electron chi connectivity index (χ4n) is 2.93. The Labute approximate surface area is 174 Å². The molecule has 2 aromatic rings. The van der Waals surface area contributed by atoms with E-state index in [9.17, 15) is 9.59 Å². The minimum absolute atomic E-state index is 0.175. The average Bonchev–Trinajstić information content (AvgIpc) is 2.71. The van der Waals surface area contributed by atoms with E-state index in [1.54, 1.807) is 0 Å². The van der Waals surface area contributed by atoms with Crippen molar-refractivity contribution in [3.63, 3.8) is 0 Å². The van der Waals surface area contributed by atoms with Crippen LogP contribution in [0.4, 0.5) is 0 Å². The third kappa shape index (κ3) is 6.42. The molecule has 0 aliphatic carbocycles. The van der Waals surface area contributed by atoms with Crippen molar-refractivity contribution >= 4 is 23.6 Å². The highest BCUT2D eigenvalue weighted by Crippen LogP contribution is 2.30. The zero-order valence-electron chi connectivity index (χ0n) is 16.7. The molecular weight excluding hydrogens is 390 g/mol. The molecule has 0 aromatic heterocycles. The summed E-state index contributed by atoms with van der Waals surface area (Å²) in [4.78, 5) is 24.8. The molecule has 29 heavy (non-hydrogen) atoms. The Bertz CT molecular complexity index is 884. The van der Waals surface area contributed by atoms with Crippen LogP contribution in [0, 0.1) is 13.8 Å². The van der Waals surface area contributed by atoms with Crippen LogP contribution in [-0.4, -0.2) is 44.0 Å². The minimum Gasteiger partial charge on any atom is -0.486 e. The monoisotopic (exact) mass is 415 g/mol. The van der Waals surface area contributed by atoms with Gasteiger partial charge in [0.15, 0.2) is 18.1 Å². The van der Waals surface area contributed by atoms with Gasteiger partial charge >= 0.3 is 5.97 Å². The standard InChI is InChI=1S/C22H25NO5S/c1-15-3-6-20(16(2)11-15)29-14-22(25)28-13-21(24)23-8-7-17-4-5-18-19(12-17)27-10-9-26-18/h3-6,11-12H,7-10,13-14H2,1-2H3,(H,23,24). The Morgan fingerprint density at radius 1 is 1.07 bits per heavy atom. The SMILES string of the molecule is Cc1ccc(SCC(=O)OCC(=O)NCCc2ccc3c(c2)OCCO3)c(C)c1. The van der Waals surface area contributed by atoms with Crippen molar-refractivity contribution in [2.45, 2.75) is 25.2 Å². The first-order chi connectivity index (χ1) is 14.0. The first kappa shape index (κ1) is 21.0. The van der Waals surface area contributed by atoms with E-state index in [-0.39, 0.29) is 18.3 Å². The van der Waals surface area contributed by atoms with Crippen LogP contribution < -0.4 is 14.8 Å². The van der Waals surface area contributed by atoms with Gasteiger partial charge in [-0.05, 0) is 49.6 Å².